The lowest BCUT2D eigenvalue weighted by atomic mass is 10.1. The number of aryl methyl sites for hydroxylation is 1. The molecule has 3 rings (SSSR count). The van der Waals surface area contributed by atoms with Gasteiger partial charge in [0.25, 0.3) is 0 Å². The molecule has 22 heavy (non-hydrogen) atoms. The summed E-state index contributed by atoms with van der Waals surface area (Å²) in [4.78, 5) is 6.47. The van der Waals surface area contributed by atoms with Crippen molar-refractivity contribution in [2.45, 2.75) is 20.0 Å². The van der Waals surface area contributed by atoms with E-state index >= 15 is 0 Å². The summed E-state index contributed by atoms with van der Waals surface area (Å²) in [5.41, 5.74) is 8.48. The number of aromatic nitrogens is 2. The van der Waals surface area contributed by atoms with E-state index in [2.05, 4.69) is 16.5 Å². The maximum absolute atomic E-state index is 14.5. The molecule has 0 saturated carbocycles. The third-order valence-electron chi connectivity index (χ3n) is 4.12. The summed E-state index contributed by atoms with van der Waals surface area (Å²) in [6.07, 6.45) is 0. The maximum Gasteiger partial charge on any atom is 0.134 e. The maximum atomic E-state index is 14.5. The Morgan fingerprint density at radius 1 is 1.41 bits per heavy atom. The Hall–Kier alpha value is -1.92. The molecule has 0 spiro atoms. The minimum Gasteiger partial charge on any atom is -0.378 e. The van der Waals surface area contributed by atoms with E-state index in [0.29, 0.717) is 36.5 Å². The molecule has 0 amide bonds. The van der Waals surface area contributed by atoms with Crippen molar-refractivity contribution in [3.05, 3.63) is 35.9 Å². The van der Waals surface area contributed by atoms with E-state index in [4.69, 9.17) is 10.5 Å². The summed E-state index contributed by atoms with van der Waals surface area (Å²) in [6, 6.07) is 3.31. The van der Waals surface area contributed by atoms with Crippen LogP contribution in [0.3, 0.4) is 0 Å². The molecule has 2 aromatic rings. The number of fused-ring (bicyclic) bond motifs is 1. The number of hydrogen-bond acceptors (Lipinski definition) is 4. The van der Waals surface area contributed by atoms with Gasteiger partial charge in [-0.1, -0.05) is 6.58 Å². The fraction of sp³-hybridized carbons (Fsp3) is 0.438. The van der Waals surface area contributed by atoms with Gasteiger partial charge in [-0.15, -0.1) is 0 Å². The van der Waals surface area contributed by atoms with Crippen LogP contribution in [0.15, 0.2) is 18.7 Å². The van der Waals surface area contributed by atoms with Crippen molar-refractivity contribution in [3.63, 3.8) is 0 Å². The van der Waals surface area contributed by atoms with Gasteiger partial charge in [-0.25, -0.2) is 9.37 Å². The number of morpholine rings is 1. The molecule has 1 aliphatic rings. The van der Waals surface area contributed by atoms with Crippen LogP contribution in [-0.2, 0) is 17.8 Å². The third-order valence-corrected chi connectivity index (χ3v) is 4.12. The Morgan fingerprint density at radius 3 is 2.77 bits per heavy atom. The lowest BCUT2D eigenvalue weighted by Crippen LogP contribution is -2.34. The molecule has 0 aliphatic carbocycles. The zero-order valence-electron chi connectivity index (χ0n) is 12.8. The summed E-state index contributed by atoms with van der Waals surface area (Å²) in [6.45, 7) is 9.95. The van der Waals surface area contributed by atoms with Crippen LogP contribution in [0.5, 0.6) is 0 Å². The lowest BCUT2D eigenvalue weighted by Gasteiger charge is -2.30. The first-order valence-electron chi connectivity index (χ1n) is 7.56. The third kappa shape index (κ3) is 2.48. The molecule has 0 atom stereocenters. The standard InChI is InChI=1S/C16H21FN4O/c1-3-21-15-8-12(11(2)20-4-6-22-7-5-20)13(17)9-14(15)19-16(21)10-18/h8-9H,2-7,10,18H2,1H3. The molecule has 118 valence electrons. The van der Waals surface area contributed by atoms with E-state index in [1.165, 1.54) is 6.07 Å². The Bertz CT molecular complexity index is 704. The highest BCUT2D eigenvalue weighted by Gasteiger charge is 2.19. The number of rotatable bonds is 4. The van der Waals surface area contributed by atoms with Crippen molar-refractivity contribution >= 4 is 16.7 Å². The molecule has 1 aliphatic heterocycles. The van der Waals surface area contributed by atoms with Crippen molar-refractivity contribution in [2.24, 2.45) is 5.73 Å². The Balaban J connectivity index is 2.05. The lowest BCUT2D eigenvalue weighted by molar-refractivity contribution is 0.0640. The zero-order valence-corrected chi connectivity index (χ0v) is 12.8. The van der Waals surface area contributed by atoms with Crippen LogP contribution in [0.25, 0.3) is 16.7 Å². The molecule has 1 aromatic carbocycles. The van der Waals surface area contributed by atoms with Gasteiger partial charge >= 0.3 is 0 Å². The molecule has 2 N–H and O–H groups in total. The molecule has 0 radical (unpaired) electrons. The molecule has 2 heterocycles. The van der Waals surface area contributed by atoms with Crippen molar-refractivity contribution in [2.75, 3.05) is 26.3 Å². The van der Waals surface area contributed by atoms with Gasteiger partial charge < -0.3 is 19.9 Å². The van der Waals surface area contributed by atoms with Gasteiger partial charge in [0.05, 0.1) is 30.8 Å². The van der Waals surface area contributed by atoms with Crippen molar-refractivity contribution in [1.82, 2.24) is 14.5 Å². The smallest absolute Gasteiger partial charge is 0.134 e. The second-order valence-electron chi connectivity index (χ2n) is 5.34. The molecule has 1 fully saturated rings. The van der Waals surface area contributed by atoms with Crippen LogP contribution in [0, 0.1) is 5.82 Å². The van der Waals surface area contributed by atoms with Crippen molar-refractivity contribution in [3.8, 4) is 0 Å². The number of nitrogens with two attached hydrogens (primary N) is 1. The quantitative estimate of drug-likeness (QED) is 0.938. The van der Waals surface area contributed by atoms with Gasteiger partial charge in [-0.3, -0.25) is 0 Å². The first-order valence-corrected chi connectivity index (χ1v) is 7.56. The van der Waals surface area contributed by atoms with Crippen molar-refractivity contribution in [1.29, 1.82) is 0 Å². The predicted octanol–water partition coefficient (Wildman–Crippen LogP) is 1.96. The number of imidazole rings is 1. The highest BCUT2D eigenvalue weighted by Crippen LogP contribution is 2.27. The Labute approximate surface area is 129 Å². The zero-order chi connectivity index (χ0) is 15.7. The van der Waals surface area contributed by atoms with Gasteiger partial charge in [0, 0.05) is 37.0 Å². The van der Waals surface area contributed by atoms with E-state index < -0.39 is 0 Å². The SMILES string of the molecule is C=C(c1cc2c(cc1F)nc(CN)n2CC)N1CCOCC1. The van der Waals surface area contributed by atoms with E-state index in [1.54, 1.807) is 0 Å². The second-order valence-corrected chi connectivity index (χ2v) is 5.34. The minimum atomic E-state index is -0.298. The molecular formula is C16H21FN4O. The van der Waals surface area contributed by atoms with Crippen molar-refractivity contribution < 1.29 is 9.13 Å². The average molecular weight is 304 g/mol. The minimum absolute atomic E-state index is 0.298. The Kier molecular flexibility index (Phi) is 4.13. The molecule has 6 heteroatoms. The van der Waals surface area contributed by atoms with Crippen LogP contribution in [0.4, 0.5) is 4.39 Å². The molecule has 0 unspecified atom stereocenters. The number of ether oxygens (including phenoxy) is 1. The van der Waals surface area contributed by atoms with Crippen LogP contribution in [-0.4, -0.2) is 40.8 Å². The second kappa shape index (κ2) is 6.06. The molecule has 1 aromatic heterocycles. The first kappa shape index (κ1) is 15.0. The summed E-state index contributed by atoms with van der Waals surface area (Å²) in [7, 11) is 0. The normalized spacial score (nSPS) is 15.5. The van der Waals surface area contributed by atoms with Crippen LogP contribution >= 0.6 is 0 Å². The van der Waals surface area contributed by atoms with Crippen LogP contribution in [0.2, 0.25) is 0 Å². The highest BCUT2D eigenvalue weighted by molar-refractivity contribution is 5.81. The van der Waals surface area contributed by atoms with E-state index in [1.807, 2.05) is 17.6 Å². The van der Waals surface area contributed by atoms with Crippen LogP contribution in [0.1, 0.15) is 18.3 Å². The largest absolute Gasteiger partial charge is 0.378 e. The van der Waals surface area contributed by atoms with Gasteiger partial charge in [-0.05, 0) is 13.0 Å². The fourth-order valence-electron chi connectivity index (χ4n) is 2.93. The van der Waals surface area contributed by atoms with Gasteiger partial charge in [0.1, 0.15) is 11.6 Å². The predicted molar refractivity (Wildman–Crippen MR) is 84.7 cm³/mol. The van der Waals surface area contributed by atoms with Gasteiger partial charge in [0.2, 0.25) is 0 Å². The molecule has 1 saturated heterocycles. The number of hydrogen-bond donors (Lipinski definition) is 1. The molecular weight excluding hydrogens is 283 g/mol. The fourth-order valence-corrected chi connectivity index (χ4v) is 2.93. The van der Waals surface area contributed by atoms with E-state index in [9.17, 15) is 4.39 Å². The number of nitrogens with zero attached hydrogens (tertiary/aromatic N) is 3. The highest BCUT2D eigenvalue weighted by atomic mass is 19.1. The topological polar surface area (TPSA) is 56.3 Å². The molecule has 0 bridgehead atoms. The van der Waals surface area contributed by atoms with Gasteiger partial charge in [-0.2, -0.15) is 0 Å². The summed E-state index contributed by atoms with van der Waals surface area (Å²) < 4.78 is 21.8. The Morgan fingerprint density at radius 2 is 2.14 bits per heavy atom. The summed E-state index contributed by atoms with van der Waals surface area (Å²) in [5, 5.41) is 0. The first-order chi connectivity index (χ1) is 10.7. The van der Waals surface area contributed by atoms with E-state index in [0.717, 1.165) is 31.0 Å². The summed E-state index contributed by atoms with van der Waals surface area (Å²) in [5.74, 6) is 0.472. The van der Waals surface area contributed by atoms with Gasteiger partial charge in [0.15, 0.2) is 0 Å². The molecule has 5 nitrogen and oxygen atoms in total. The number of benzene rings is 1. The summed E-state index contributed by atoms with van der Waals surface area (Å²) >= 11 is 0. The monoisotopic (exact) mass is 304 g/mol. The average Bonchev–Trinajstić information content (AvgIpc) is 2.90. The number of halogens is 1. The van der Waals surface area contributed by atoms with Crippen LogP contribution < -0.4 is 5.73 Å². The van der Waals surface area contributed by atoms with E-state index in [-0.39, 0.29) is 5.82 Å².